The maximum absolute atomic E-state index is 12.6. The first-order chi connectivity index (χ1) is 11.9. The molecule has 2 heterocycles. The molecule has 1 fully saturated rings. The van der Waals surface area contributed by atoms with Gasteiger partial charge in [-0.15, -0.1) is 0 Å². The minimum Gasteiger partial charge on any atom is -0.310 e. The lowest BCUT2D eigenvalue weighted by molar-refractivity contribution is -0.384. The second-order valence-electron chi connectivity index (χ2n) is 5.87. The maximum Gasteiger partial charge on any atom is 0.269 e. The summed E-state index contributed by atoms with van der Waals surface area (Å²) in [6.07, 6.45) is 3.00. The number of nitro benzene ring substituents is 1. The summed E-state index contributed by atoms with van der Waals surface area (Å²) in [4.78, 5) is 22.3. The van der Waals surface area contributed by atoms with Crippen LogP contribution < -0.4 is 5.56 Å². The Labute approximate surface area is 144 Å². The summed E-state index contributed by atoms with van der Waals surface area (Å²) in [5.74, 6) is 0. The molecule has 0 bridgehead atoms. The van der Waals surface area contributed by atoms with Crippen LogP contribution in [0.1, 0.15) is 18.4 Å². The first-order valence-electron chi connectivity index (χ1n) is 7.82. The Kier molecular flexibility index (Phi) is 4.69. The highest BCUT2D eigenvalue weighted by Gasteiger charge is 2.27. The number of sulfonamides is 1. The van der Waals surface area contributed by atoms with E-state index in [1.165, 1.54) is 39.3 Å². The van der Waals surface area contributed by atoms with Gasteiger partial charge in [-0.1, -0.05) is 12.1 Å². The molecule has 0 aliphatic carbocycles. The van der Waals surface area contributed by atoms with Crippen LogP contribution in [0.2, 0.25) is 0 Å². The summed E-state index contributed by atoms with van der Waals surface area (Å²) >= 11 is 0. The van der Waals surface area contributed by atoms with Gasteiger partial charge in [0.15, 0.2) is 0 Å². The fourth-order valence-corrected chi connectivity index (χ4v) is 4.32. The summed E-state index contributed by atoms with van der Waals surface area (Å²) in [6, 6.07) is 8.35. The van der Waals surface area contributed by atoms with E-state index < -0.39 is 14.9 Å². The Morgan fingerprint density at radius 2 is 1.68 bits per heavy atom. The lowest BCUT2D eigenvalue weighted by Crippen LogP contribution is -2.29. The number of rotatable bonds is 5. The van der Waals surface area contributed by atoms with Crippen molar-refractivity contribution < 1.29 is 13.3 Å². The van der Waals surface area contributed by atoms with E-state index in [1.54, 1.807) is 12.1 Å². The third kappa shape index (κ3) is 3.62. The van der Waals surface area contributed by atoms with Crippen LogP contribution >= 0.6 is 0 Å². The lowest BCUT2D eigenvalue weighted by Gasteiger charge is -2.16. The number of non-ortho nitro benzene ring substituents is 1. The number of nitrogens with zero attached hydrogens (tertiary/aromatic N) is 3. The van der Waals surface area contributed by atoms with Crippen molar-refractivity contribution in [1.29, 1.82) is 0 Å². The van der Waals surface area contributed by atoms with Crippen LogP contribution in [0.3, 0.4) is 0 Å². The summed E-state index contributed by atoms with van der Waals surface area (Å²) < 4.78 is 27.9. The van der Waals surface area contributed by atoms with Crippen LogP contribution in [0.5, 0.6) is 0 Å². The van der Waals surface area contributed by atoms with Crippen molar-refractivity contribution in [2.75, 3.05) is 13.1 Å². The molecule has 8 nitrogen and oxygen atoms in total. The molecule has 0 unspecified atom stereocenters. The number of benzene rings is 1. The highest BCUT2D eigenvalue weighted by molar-refractivity contribution is 7.89. The fourth-order valence-electron chi connectivity index (χ4n) is 2.78. The van der Waals surface area contributed by atoms with Gasteiger partial charge in [0.1, 0.15) is 0 Å². The highest BCUT2D eigenvalue weighted by atomic mass is 32.2. The number of hydrogen-bond acceptors (Lipinski definition) is 5. The zero-order chi connectivity index (χ0) is 18.0. The van der Waals surface area contributed by atoms with Gasteiger partial charge in [0.2, 0.25) is 10.0 Å². The van der Waals surface area contributed by atoms with Crippen molar-refractivity contribution in [3.63, 3.8) is 0 Å². The number of nitro groups is 1. The normalized spacial score (nSPS) is 15.4. The number of aromatic nitrogens is 1. The van der Waals surface area contributed by atoms with Crippen molar-refractivity contribution in [1.82, 2.24) is 8.87 Å². The smallest absolute Gasteiger partial charge is 0.269 e. The fraction of sp³-hybridized carbons (Fsp3) is 0.312. The third-order valence-corrected chi connectivity index (χ3v) is 6.04. The van der Waals surface area contributed by atoms with Crippen LogP contribution in [0.4, 0.5) is 5.69 Å². The first-order valence-corrected chi connectivity index (χ1v) is 9.26. The van der Waals surface area contributed by atoms with Crippen molar-refractivity contribution in [2.24, 2.45) is 0 Å². The van der Waals surface area contributed by atoms with Gasteiger partial charge in [-0.05, 0) is 24.5 Å². The Bertz CT molecular complexity index is 944. The van der Waals surface area contributed by atoms with E-state index in [9.17, 15) is 23.3 Å². The number of pyridine rings is 1. The highest BCUT2D eigenvalue weighted by Crippen LogP contribution is 2.20. The van der Waals surface area contributed by atoms with Crippen LogP contribution in [0.25, 0.3) is 0 Å². The average molecular weight is 363 g/mol. The monoisotopic (exact) mass is 363 g/mol. The van der Waals surface area contributed by atoms with Crippen molar-refractivity contribution in [3.05, 3.63) is 68.6 Å². The van der Waals surface area contributed by atoms with Crippen molar-refractivity contribution in [3.8, 4) is 0 Å². The molecule has 0 amide bonds. The average Bonchev–Trinajstić information content (AvgIpc) is 3.12. The van der Waals surface area contributed by atoms with E-state index in [-0.39, 0.29) is 22.7 Å². The topological polar surface area (TPSA) is 103 Å². The Balaban J connectivity index is 1.89. The summed E-state index contributed by atoms with van der Waals surface area (Å²) in [5.41, 5.74) is 0.295. The molecule has 1 aromatic carbocycles. The van der Waals surface area contributed by atoms with Gasteiger partial charge in [0.25, 0.3) is 11.2 Å². The quantitative estimate of drug-likeness (QED) is 0.593. The molecule has 1 aliphatic heterocycles. The van der Waals surface area contributed by atoms with Crippen LogP contribution in [-0.4, -0.2) is 35.3 Å². The molecule has 3 rings (SSSR count). The molecule has 0 spiro atoms. The Morgan fingerprint density at radius 1 is 1.04 bits per heavy atom. The van der Waals surface area contributed by atoms with Crippen LogP contribution in [-0.2, 0) is 16.6 Å². The van der Waals surface area contributed by atoms with Crippen LogP contribution in [0, 0.1) is 10.1 Å². The zero-order valence-corrected chi connectivity index (χ0v) is 14.2. The molecular formula is C16H17N3O5S. The van der Waals surface area contributed by atoms with Crippen LogP contribution in [0.15, 0.2) is 52.3 Å². The minimum absolute atomic E-state index is 0.0403. The van der Waals surface area contributed by atoms with E-state index in [0.29, 0.717) is 18.7 Å². The van der Waals surface area contributed by atoms with Gasteiger partial charge in [0, 0.05) is 37.5 Å². The summed E-state index contributed by atoms with van der Waals surface area (Å²) in [5, 5.41) is 10.7. The molecule has 2 aromatic rings. The second kappa shape index (κ2) is 6.77. The largest absolute Gasteiger partial charge is 0.310 e. The van der Waals surface area contributed by atoms with Gasteiger partial charge in [-0.25, -0.2) is 8.42 Å². The molecule has 1 aromatic heterocycles. The Morgan fingerprint density at radius 3 is 2.28 bits per heavy atom. The molecule has 9 heteroatoms. The zero-order valence-electron chi connectivity index (χ0n) is 13.4. The maximum atomic E-state index is 12.6. The molecule has 0 atom stereocenters. The van der Waals surface area contributed by atoms with Gasteiger partial charge in [-0.3, -0.25) is 14.9 Å². The van der Waals surface area contributed by atoms with E-state index in [0.717, 1.165) is 12.8 Å². The van der Waals surface area contributed by atoms with E-state index in [1.807, 2.05) is 0 Å². The third-order valence-electron chi connectivity index (χ3n) is 4.16. The standard InChI is InChI=1S/C16H17N3O5S/c20-16-8-7-15(25(23,24)18-9-1-2-10-18)12-17(16)11-13-3-5-14(6-4-13)19(21)22/h3-8,12H,1-2,9-11H2. The van der Waals surface area contributed by atoms with Crippen molar-refractivity contribution >= 4 is 15.7 Å². The SMILES string of the molecule is O=c1ccc(S(=O)(=O)N2CCCC2)cn1Cc1ccc([N+](=O)[O-])cc1. The molecular weight excluding hydrogens is 346 g/mol. The molecule has 0 radical (unpaired) electrons. The summed E-state index contributed by atoms with van der Waals surface area (Å²) in [6.45, 7) is 1.12. The molecule has 25 heavy (non-hydrogen) atoms. The molecule has 0 saturated carbocycles. The molecule has 132 valence electrons. The van der Waals surface area contributed by atoms with Gasteiger partial charge in [-0.2, -0.15) is 4.31 Å². The predicted octanol–water partition coefficient (Wildman–Crippen LogP) is 1.59. The molecule has 1 aliphatic rings. The Hall–Kier alpha value is -2.52. The van der Waals surface area contributed by atoms with E-state index in [2.05, 4.69) is 0 Å². The first kappa shape index (κ1) is 17.3. The van der Waals surface area contributed by atoms with E-state index >= 15 is 0 Å². The lowest BCUT2D eigenvalue weighted by atomic mass is 10.2. The van der Waals surface area contributed by atoms with Crippen molar-refractivity contribution in [2.45, 2.75) is 24.3 Å². The second-order valence-corrected chi connectivity index (χ2v) is 7.80. The molecule has 1 saturated heterocycles. The number of hydrogen-bond donors (Lipinski definition) is 0. The van der Waals surface area contributed by atoms with E-state index in [4.69, 9.17) is 0 Å². The van der Waals surface area contributed by atoms with Gasteiger partial charge < -0.3 is 4.57 Å². The van der Waals surface area contributed by atoms with Gasteiger partial charge in [0.05, 0.1) is 16.4 Å². The molecule has 0 N–H and O–H groups in total. The minimum atomic E-state index is -3.60. The van der Waals surface area contributed by atoms with Gasteiger partial charge >= 0.3 is 0 Å². The predicted molar refractivity (Wildman–Crippen MR) is 90.9 cm³/mol. The summed E-state index contributed by atoms with van der Waals surface area (Å²) in [7, 11) is -3.60.